The Labute approximate surface area is 217 Å². The van der Waals surface area contributed by atoms with Gasteiger partial charge in [0, 0.05) is 18.2 Å². The number of unbranched alkanes of at least 4 members (excludes halogenated alkanes) is 1. The first-order chi connectivity index (χ1) is 16.9. The van der Waals surface area contributed by atoms with Crippen molar-refractivity contribution in [2.24, 2.45) is 5.92 Å². The van der Waals surface area contributed by atoms with Crippen LogP contribution in [0.4, 0.5) is 4.79 Å². The number of carbonyl (C=O) groups excluding carboxylic acids is 3. The fourth-order valence-electron chi connectivity index (χ4n) is 3.97. The first-order valence-corrected chi connectivity index (χ1v) is 13.0. The topological polar surface area (TPSA) is 87.7 Å². The summed E-state index contributed by atoms with van der Waals surface area (Å²) in [5.74, 6) is 1.79. The highest BCUT2D eigenvalue weighted by atomic mass is 16.6. The molecule has 0 spiro atoms. The molecule has 3 atom stereocenters. The zero-order valence-corrected chi connectivity index (χ0v) is 23.3. The Kier molecular flexibility index (Phi) is 12.5. The minimum atomic E-state index is -0.933. The van der Waals surface area contributed by atoms with Gasteiger partial charge < -0.3 is 20.3 Å². The SMILES string of the molecule is C#Cc1ccccc1C(C(=O)NC(C)CCC)N(CCCC)C(=O)C(NC(=O)OC(C)(C)C)C(C)C. The number of nitrogens with one attached hydrogen (secondary N) is 2. The van der Waals surface area contributed by atoms with Crippen molar-refractivity contribution in [2.75, 3.05) is 6.54 Å². The number of hydrogen-bond donors (Lipinski definition) is 2. The van der Waals surface area contributed by atoms with Gasteiger partial charge in [-0.2, -0.15) is 0 Å². The van der Waals surface area contributed by atoms with Crippen molar-refractivity contribution < 1.29 is 19.1 Å². The molecular weight excluding hydrogens is 454 g/mol. The van der Waals surface area contributed by atoms with Crippen LogP contribution in [0.2, 0.25) is 0 Å². The van der Waals surface area contributed by atoms with Crippen LogP contribution in [-0.4, -0.2) is 47.0 Å². The Morgan fingerprint density at radius 2 is 1.69 bits per heavy atom. The molecule has 3 amide bonds. The molecule has 200 valence electrons. The van der Waals surface area contributed by atoms with Gasteiger partial charge >= 0.3 is 6.09 Å². The predicted molar refractivity (Wildman–Crippen MR) is 144 cm³/mol. The fourth-order valence-corrected chi connectivity index (χ4v) is 3.97. The van der Waals surface area contributed by atoms with Crippen LogP contribution in [0.3, 0.4) is 0 Å². The molecule has 0 heterocycles. The fraction of sp³-hybridized carbons (Fsp3) is 0.621. The molecule has 0 bridgehead atoms. The summed E-state index contributed by atoms with van der Waals surface area (Å²) in [4.78, 5) is 41.9. The number of terminal acetylenes is 1. The molecule has 0 saturated carbocycles. The van der Waals surface area contributed by atoms with Gasteiger partial charge in [-0.1, -0.05) is 64.7 Å². The van der Waals surface area contributed by atoms with Crippen LogP contribution in [0, 0.1) is 18.3 Å². The van der Waals surface area contributed by atoms with E-state index in [0.717, 1.165) is 19.3 Å². The highest BCUT2D eigenvalue weighted by Crippen LogP contribution is 2.27. The van der Waals surface area contributed by atoms with Crippen molar-refractivity contribution in [3.05, 3.63) is 35.4 Å². The summed E-state index contributed by atoms with van der Waals surface area (Å²) in [5, 5.41) is 5.81. The normalized spacial score (nSPS) is 13.8. The second-order valence-corrected chi connectivity index (χ2v) is 10.6. The van der Waals surface area contributed by atoms with Crippen molar-refractivity contribution in [2.45, 2.75) is 105 Å². The van der Waals surface area contributed by atoms with E-state index < -0.39 is 23.8 Å². The van der Waals surface area contributed by atoms with E-state index in [4.69, 9.17) is 11.2 Å². The molecule has 0 saturated heterocycles. The Bertz CT molecular complexity index is 914. The number of amides is 3. The molecule has 36 heavy (non-hydrogen) atoms. The Morgan fingerprint density at radius 1 is 1.06 bits per heavy atom. The van der Waals surface area contributed by atoms with Crippen molar-refractivity contribution in [3.8, 4) is 12.3 Å². The van der Waals surface area contributed by atoms with Crippen molar-refractivity contribution in [1.82, 2.24) is 15.5 Å². The Balaban J connectivity index is 3.54. The lowest BCUT2D eigenvalue weighted by Gasteiger charge is -2.36. The molecule has 0 aliphatic heterocycles. The van der Waals surface area contributed by atoms with Gasteiger partial charge in [0.1, 0.15) is 17.7 Å². The summed E-state index contributed by atoms with van der Waals surface area (Å²) in [7, 11) is 0. The number of alkyl carbamates (subject to hydrolysis) is 1. The number of hydrogen-bond acceptors (Lipinski definition) is 4. The monoisotopic (exact) mass is 499 g/mol. The third kappa shape index (κ3) is 9.56. The summed E-state index contributed by atoms with van der Waals surface area (Å²) in [5.41, 5.74) is 0.432. The molecule has 1 aromatic carbocycles. The summed E-state index contributed by atoms with van der Waals surface area (Å²) in [6.45, 7) is 15.4. The molecule has 1 rings (SSSR count). The molecule has 0 aliphatic rings. The Hall–Kier alpha value is -3.01. The first-order valence-electron chi connectivity index (χ1n) is 13.0. The zero-order valence-electron chi connectivity index (χ0n) is 23.3. The third-order valence-electron chi connectivity index (χ3n) is 5.72. The second-order valence-electron chi connectivity index (χ2n) is 10.6. The minimum absolute atomic E-state index is 0.0630. The molecule has 7 heteroatoms. The van der Waals surface area contributed by atoms with Crippen LogP contribution in [-0.2, 0) is 14.3 Å². The molecule has 3 unspecified atom stereocenters. The lowest BCUT2D eigenvalue weighted by molar-refractivity contribution is -0.143. The smallest absolute Gasteiger partial charge is 0.408 e. The number of nitrogens with zero attached hydrogens (tertiary/aromatic N) is 1. The van der Waals surface area contributed by atoms with Crippen LogP contribution < -0.4 is 10.6 Å². The number of rotatable bonds is 12. The lowest BCUT2D eigenvalue weighted by Crippen LogP contribution is -2.55. The summed E-state index contributed by atoms with van der Waals surface area (Å²) >= 11 is 0. The average Bonchev–Trinajstić information content (AvgIpc) is 2.78. The average molecular weight is 500 g/mol. The van der Waals surface area contributed by atoms with Crippen LogP contribution in [0.1, 0.15) is 98.2 Å². The van der Waals surface area contributed by atoms with Crippen molar-refractivity contribution in [1.29, 1.82) is 0 Å². The number of ether oxygens (including phenoxy) is 1. The van der Waals surface area contributed by atoms with Crippen LogP contribution in [0.5, 0.6) is 0 Å². The highest BCUT2D eigenvalue weighted by Gasteiger charge is 2.38. The van der Waals surface area contributed by atoms with Crippen LogP contribution >= 0.6 is 0 Å². The standard InChI is InChI=1S/C29H45N3O4/c1-10-13-19-32(27(34)24(20(4)5)31-28(35)36-29(7,8)9)25(26(33)30-21(6)16-11-2)23-18-15-14-17-22(23)12-3/h3,14-15,17-18,20-21,24-25H,10-11,13,16,19H2,1-2,4-9H3,(H,30,33)(H,31,35). The number of benzene rings is 1. The van der Waals surface area contributed by atoms with Crippen LogP contribution in [0.25, 0.3) is 0 Å². The highest BCUT2D eigenvalue weighted by molar-refractivity contribution is 5.92. The maximum Gasteiger partial charge on any atom is 0.408 e. The van der Waals surface area contributed by atoms with E-state index in [0.29, 0.717) is 24.1 Å². The van der Waals surface area contributed by atoms with Gasteiger partial charge in [-0.15, -0.1) is 6.42 Å². The zero-order chi connectivity index (χ0) is 27.5. The predicted octanol–water partition coefficient (Wildman–Crippen LogP) is 5.19. The first kappa shape index (κ1) is 31.0. The summed E-state index contributed by atoms with van der Waals surface area (Å²) in [6.07, 6.45) is 8.36. The molecule has 0 aliphatic carbocycles. The lowest BCUT2D eigenvalue weighted by atomic mass is 9.95. The van der Waals surface area contributed by atoms with E-state index in [1.54, 1.807) is 37.8 Å². The van der Waals surface area contributed by atoms with Crippen LogP contribution in [0.15, 0.2) is 24.3 Å². The maximum absolute atomic E-state index is 14.0. The molecule has 7 nitrogen and oxygen atoms in total. The van der Waals surface area contributed by atoms with Gasteiger partial charge in [0.05, 0.1) is 0 Å². The van der Waals surface area contributed by atoms with E-state index in [1.807, 2.05) is 39.8 Å². The van der Waals surface area contributed by atoms with Crippen molar-refractivity contribution in [3.63, 3.8) is 0 Å². The molecule has 0 aromatic heterocycles. The van der Waals surface area contributed by atoms with E-state index in [9.17, 15) is 14.4 Å². The third-order valence-corrected chi connectivity index (χ3v) is 5.72. The molecule has 0 radical (unpaired) electrons. The molecule has 0 fully saturated rings. The van der Waals surface area contributed by atoms with E-state index in [2.05, 4.69) is 23.5 Å². The maximum atomic E-state index is 14.0. The largest absolute Gasteiger partial charge is 0.444 e. The van der Waals surface area contributed by atoms with E-state index in [-0.39, 0.29) is 23.8 Å². The van der Waals surface area contributed by atoms with Gasteiger partial charge in [0.2, 0.25) is 11.8 Å². The van der Waals surface area contributed by atoms with Gasteiger partial charge in [0.25, 0.3) is 0 Å². The van der Waals surface area contributed by atoms with E-state index in [1.165, 1.54) is 0 Å². The quantitative estimate of drug-likeness (QED) is 0.387. The molecular formula is C29H45N3O4. The Morgan fingerprint density at radius 3 is 2.22 bits per heavy atom. The van der Waals surface area contributed by atoms with Gasteiger partial charge in [0.15, 0.2) is 0 Å². The summed E-state index contributed by atoms with van der Waals surface area (Å²) in [6, 6.07) is 5.32. The molecule has 2 N–H and O–H groups in total. The van der Waals surface area contributed by atoms with Gasteiger partial charge in [-0.3, -0.25) is 9.59 Å². The minimum Gasteiger partial charge on any atom is -0.444 e. The van der Waals surface area contributed by atoms with E-state index >= 15 is 0 Å². The van der Waals surface area contributed by atoms with Gasteiger partial charge in [-0.25, -0.2) is 4.79 Å². The second kappa shape index (κ2) is 14.5. The van der Waals surface area contributed by atoms with Gasteiger partial charge in [-0.05, 0) is 58.1 Å². The number of carbonyl (C=O) groups is 3. The van der Waals surface area contributed by atoms with Crippen molar-refractivity contribution >= 4 is 17.9 Å². The summed E-state index contributed by atoms with van der Waals surface area (Å²) < 4.78 is 5.41. The molecule has 1 aromatic rings.